The molecule has 1 aromatic rings. The molecule has 0 aromatic carbocycles. The summed E-state index contributed by atoms with van der Waals surface area (Å²) in [6.45, 7) is 8.67. The minimum atomic E-state index is -0.254. The van der Waals surface area contributed by atoms with Gasteiger partial charge >= 0.3 is 7.12 Å². The zero-order valence-corrected chi connectivity index (χ0v) is 21.6. The minimum Gasteiger partial charge on any atom is -0.403 e. The summed E-state index contributed by atoms with van der Waals surface area (Å²) in [5.74, 6) is 3.30. The number of nitrogens with zero attached hydrogens (tertiary/aromatic N) is 2. The van der Waals surface area contributed by atoms with Crippen molar-refractivity contribution in [1.29, 1.82) is 0 Å². The predicted molar refractivity (Wildman–Crippen MR) is 135 cm³/mol. The van der Waals surface area contributed by atoms with Crippen LogP contribution < -0.4 is 0 Å². The van der Waals surface area contributed by atoms with Gasteiger partial charge in [-0.25, -0.2) is 9.97 Å². The summed E-state index contributed by atoms with van der Waals surface area (Å²) in [4.78, 5) is 10.6. The molecule has 1 saturated heterocycles. The Morgan fingerprint density at radius 2 is 1.15 bits per heavy atom. The molecule has 182 valence electrons. The second-order valence-corrected chi connectivity index (χ2v) is 12.5. The average Bonchev–Trinajstić information content (AvgIpc) is 3.07. The first-order valence-corrected chi connectivity index (χ1v) is 14.1. The summed E-state index contributed by atoms with van der Waals surface area (Å²) in [7, 11) is -0.0999. The molecular weight excluding hydrogens is 407 g/mol. The summed E-state index contributed by atoms with van der Waals surface area (Å²) in [6.07, 6.45) is 18.1. The molecule has 3 saturated carbocycles. The Bertz CT molecular complexity index is 762. The second kappa shape index (κ2) is 9.61. The highest BCUT2D eigenvalue weighted by Crippen LogP contribution is 2.47. The Kier molecular flexibility index (Phi) is 6.93. The highest BCUT2D eigenvalue weighted by Gasteiger charge is 2.54. The predicted octanol–water partition coefficient (Wildman–Crippen LogP) is 7.69. The van der Waals surface area contributed by atoms with Gasteiger partial charge in [0.25, 0.3) is 0 Å². The van der Waals surface area contributed by atoms with Gasteiger partial charge in [0.1, 0.15) is 5.82 Å². The molecule has 4 fully saturated rings. The molecule has 1 aliphatic heterocycles. The van der Waals surface area contributed by atoms with Crippen LogP contribution in [0.2, 0.25) is 5.82 Å². The number of aromatic nitrogens is 2. The van der Waals surface area contributed by atoms with Gasteiger partial charge < -0.3 is 9.31 Å². The Hall–Kier alpha value is -0.935. The first-order chi connectivity index (χ1) is 15.8. The summed E-state index contributed by atoms with van der Waals surface area (Å²) < 4.78 is 12.9. The van der Waals surface area contributed by atoms with Gasteiger partial charge in [-0.05, 0) is 78.1 Å². The van der Waals surface area contributed by atoms with Gasteiger partial charge in [-0.15, -0.1) is 0 Å². The molecule has 0 spiro atoms. The van der Waals surface area contributed by atoms with Crippen molar-refractivity contribution in [3.63, 3.8) is 0 Å². The fourth-order valence-corrected chi connectivity index (χ4v) is 6.69. The molecule has 3 aliphatic carbocycles. The van der Waals surface area contributed by atoms with Crippen LogP contribution in [0, 0.1) is 0 Å². The lowest BCUT2D eigenvalue weighted by Gasteiger charge is -2.32. The molecule has 2 unspecified atom stereocenters. The van der Waals surface area contributed by atoms with Gasteiger partial charge in [0.2, 0.25) is 0 Å². The van der Waals surface area contributed by atoms with Crippen molar-refractivity contribution < 1.29 is 9.31 Å². The maximum atomic E-state index is 6.46. The molecule has 5 rings (SSSR count). The molecule has 33 heavy (non-hydrogen) atoms. The van der Waals surface area contributed by atoms with E-state index in [0.29, 0.717) is 23.6 Å². The minimum absolute atomic E-state index is 0.0999. The fraction of sp³-hybridized carbons (Fsp3) is 0.857. The number of hydrogen-bond acceptors (Lipinski definition) is 4. The lowest BCUT2D eigenvalue weighted by molar-refractivity contribution is 0.00578. The van der Waals surface area contributed by atoms with Crippen molar-refractivity contribution in [2.75, 3.05) is 0 Å². The van der Waals surface area contributed by atoms with Crippen molar-refractivity contribution in [1.82, 2.24) is 9.97 Å². The van der Waals surface area contributed by atoms with Gasteiger partial charge in [0.15, 0.2) is 0 Å². The van der Waals surface area contributed by atoms with E-state index in [1.54, 1.807) is 0 Å². The zero-order chi connectivity index (χ0) is 23.1. The fourth-order valence-electron chi connectivity index (χ4n) is 6.69. The average molecular weight is 452 g/mol. The third-order valence-corrected chi connectivity index (χ3v) is 9.57. The van der Waals surface area contributed by atoms with E-state index >= 15 is 0 Å². The van der Waals surface area contributed by atoms with E-state index in [1.165, 1.54) is 94.9 Å². The second-order valence-electron chi connectivity index (χ2n) is 12.5. The lowest BCUT2D eigenvalue weighted by Crippen LogP contribution is -2.41. The zero-order valence-electron chi connectivity index (χ0n) is 21.6. The maximum absolute atomic E-state index is 6.46. The van der Waals surface area contributed by atoms with E-state index in [-0.39, 0.29) is 18.3 Å². The van der Waals surface area contributed by atoms with Crippen LogP contribution in [0.5, 0.6) is 0 Å². The third kappa shape index (κ3) is 5.05. The van der Waals surface area contributed by atoms with Gasteiger partial charge in [-0.3, -0.25) is 0 Å². The van der Waals surface area contributed by atoms with Crippen LogP contribution in [-0.2, 0) is 9.31 Å². The summed E-state index contributed by atoms with van der Waals surface area (Å²) >= 11 is 0. The molecule has 4 aliphatic rings. The van der Waals surface area contributed by atoms with Crippen molar-refractivity contribution in [3.05, 3.63) is 23.3 Å². The largest absolute Gasteiger partial charge is 0.461 e. The van der Waals surface area contributed by atoms with Crippen LogP contribution in [0.15, 0.2) is 6.07 Å². The first-order valence-electron chi connectivity index (χ1n) is 14.1. The molecule has 0 amide bonds. The van der Waals surface area contributed by atoms with Gasteiger partial charge in [-0.1, -0.05) is 51.4 Å². The molecule has 5 heteroatoms. The van der Waals surface area contributed by atoms with E-state index < -0.39 is 0 Å². The third-order valence-electron chi connectivity index (χ3n) is 9.57. The highest BCUT2D eigenvalue weighted by atomic mass is 16.7. The van der Waals surface area contributed by atoms with Gasteiger partial charge in [0, 0.05) is 29.1 Å². The van der Waals surface area contributed by atoms with Crippen LogP contribution in [0.3, 0.4) is 0 Å². The Morgan fingerprint density at radius 3 is 1.67 bits per heavy atom. The molecule has 4 nitrogen and oxygen atoms in total. The quantitative estimate of drug-likeness (QED) is 0.439. The number of hydrogen-bond donors (Lipinski definition) is 0. The van der Waals surface area contributed by atoms with E-state index in [4.69, 9.17) is 19.3 Å². The van der Waals surface area contributed by atoms with E-state index in [0.717, 1.165) is 12.2 Å². The molecular formula is C28H45BN2O2. The molecule has 0 radical (unpaired) electrons. The Labute approximate surface area is 202 Å². The topological polar surface area (TPSA) is 44.2 Å². The van der Waals surface area contributed by atoms with Crippen LogP contribution >= 0.6 is 0 Å². The summed E-state index contributed by atoms with van der Waals surface area (Å²) in [5.41, 5.74) is 2.21. The molecule has 0 N–H and O–H groups in total. The number of rotatable bonds is 4. The van der Waals surface area contributed by atoms with E-state index in [2.05, 4.69) is 33.8 Å². The van der Waals surface area contributed by atoms with Crippen molar-refractivity contribution >= 4 is 7.12 Å². The van der Waals surface area contributed by atoms with Crippen LogP contribution in [-0.4, -0.2) is 28.3 Å². The van der Waals surface area contributed by atoms with Crippen molar-refractivity contribution in [3.8, 4) is 0 Å². The van der Waals surface area contributed by atoms with Crippen LogP contribution in [0.1, 0.15) is 153 Å². The van der Waals surface area contributed by atoms with Crippen LogP contribution in [0.4, 0.5) is 0 Å². The van der Waals surface area contributed by atoms with E-state index in [1.807, 2.05) is 0 Å². The van der Waals surface area contributed by atoms with Crippen molar-refractivity contribution in [2.45, 2.75) is 152 Å². The SMILES string of the molecule is CC1(C)OB(C2CCCC(c3nc(C4CCCCC4)cc(C4CCCCC4)n3)C2)OC1(C)C. The van der Waals surface area contributed by atoms with Gasteiger partial charge in [0.05, 0.1) is 11.2 Å². The smallest absolute Gasteiger partial charge is 0.403 e. The monoisotopic (exact) mass is 452 g/mol. The summed E-state index contributed by atoms with van der Waals surface area (Å²) in [6, 6.07) is 2.42. The Morgan fingerprint density at radius 1 is 0.667 bits per heavy atom. The normalized spacial score (nSPS) is 31.1. The molecule has 1 aromatic heterocycles. The van der Waals surface area contributed by atoms with Crippen molar-refractivity contribution in [2.24, 2.45) is 0 Å². The highest BCUT2D eigenvalue weighted by molar-refractivity contribution is 6.47. The maximum Gasteiger partial charge on any atom is 0.461 e. The van der Waals surface area contributed by atoms with E-state index in [9.17, 15) is 0 Å². The standard InChI is InChI=1S/C28H45BN2O2/c1-27(2)28(3,4)33-29(32-27)23-17-11-16-22(18-23)26-30-24(20-12-7-5-8-13-20)19-25(31-26)21-14-9-6-10-15-21/h19-23H,5-18H2,1-4H3. The molecule has 2 heterocycles. The van der Waals surface area contributed by atoms with Crippen LogP contribution in [0.25, 0.3) is 0 Å². The molecule has 2 atom stereocenters. The first kappa shape index (κ1) is 23.8. The van der Waals surface area contributed by atoms with Gasteiger partial charge in [-0.2, -0.15) is 0 Å². The lowest BCUT2D eigenvalue weighted by atomic mass is 9.62. The Balaban J connectivity index is 1.39. The molecule has 0 bridgehead atoms. The summed E-state index contributed by atoms with van der Waals surface area (Å²) in [5, 5.41) is 0.